The van der Waals surface area contributed by atoms with Crippen molar-refractivity contribution in [3.63, 3.8) is 0 Å². The van der Waals surface area contributed by atoms with Crippen LogP contribution in [0.2, 0.25) is 0 Å². The number of anilines is 2. The third kappa shape index (κ3) is 8.34. The minimum Gasteiger partial charge on any atom is -0.389 e. The lowest BCUT2D eigenvalue weighted by molar-refractivity contribution is 0.0943. The van der Waals surface area contributed by atoms with Gasteiger partial charge in [0.15, 0.2) is 11.3 Å². The second-order valence-electron chi connectivity index (χ2n) is 15.6. The van der Waals surface area contributed by atoms with Crippen molar-refractivity contribution in [3.05, 3.63) is 120 Å². The Hall–Kier alpha value is -6.88. The molecule has 0 spiro atoms. The number of rotatable bonds is 10. The fraction of sp³-hybridized carbons (Fsp3) is 0.256. The molecule has 1 fully saturated rings. The van der Waals surface area contributed by atoms with Crippen LogP contribution in [0.15, 0.2) is 85.7 Å². The van der Waals surface area contributed by atoms with Crippen LogP contribution in [0.5, 0.6) is 0 Å². The van der Waals surface area contributed by atoms with E-state index in [-0.39, 0.29) is 17.7 Å². The van der Waals surface area contributed by atoms with Gasteiger partial charge in [0.05, 0.1) is 39.8 Å². The zero-order valence-electron chi connectivity index (χ0n) is 33.3. The van der Waals surface area contributed by atoms with Crippen LogP contribution in [-0.2, 0) is 0 Å². The van der Waals surface area contributed by atoms with Gasteiger partial charge in [-0.05, 0) is 82.3 Å². The van der Waals surface area contributed by atoms with Crippen LogP contribution < -0.4 is 10.6 Å². The first kappa shape index (κ1) is 39.9. The summed E-state index contributed by atoms with van der Waals surface area (Å²) in [6.45, 7) is 10.2. The van der Waals surface area contributed by atoms with Gasteiger partial charge in [-0.15, -0.1) is 0 Å². The van der Waals surface area contributed by atoms with Gasteiger partial charge in [0.25, 0.3) is 0 Å². The predicted molar refractivity (Wildman–Crippen MR) is 219 cm³/mol. The normalized spacial score (nSPS) is 13.3. The van der Waals surface area contributed by atoms with Crippen LogP contribution in [0.3, 0.4) is 0 Å². The first-order valence-corrected chi connectivity index (χ1v) is 19.1. The minimum atomic E-state index is -0.951. The van der Waals surface area contributed by atoms with Crippen LogP contribution in [0.4, 0.5) is 29.5 Å². The van der Waals surface area contributed by atoms with E-state index >= 15 is 0 Å². The number of aliphatic hydroxyl groups is 1. The maximum Gasteiger partial charge on any atom is 0.223 e. The Morgan fingerprint density at radius 2 is 1.12 bits per heavy atom. The van der Waals surface area contributed by atoms with E-state index in [0.29, 0.717) is 74.2 Å². The summed E-state index contributed by atoms with van der Waals surface area (Å²) in [7, 11) is 0. The minimum absolute atomic E-state index is 0.152. The molecule has 6 aromatic heterocycles. The Labute approximate surface area is 341 Å². The number of aryl methyl sites for hydroxylation is 2. The molecule has 0 atom stereocenters. The molecule has 0 bridgehead atoms. The summed E-state index contributed by atoms with van der Waals surface area (Å²) in [6.07, 6.45) is 12.4. The predicted octanol–water partition coefficient (Wildman–Crippen LogP) is 8.27. The van der Waals surface area contributed by atoms with Crippen molar-refractivity contribution in [2.75, 3.05) is 23.7 Å². The van der Waals surface area contributed by atoms with Crippen molar-refractivity contribution >= 4 is 23.2 Å². The molecule has 3 N–H and O–H groups in total. The summed E-state index contributed by atoms with van der Waals surface area (Å²) in [5.74, 6) is -1.90. The molecule has 2 aromatic carbocycles. The Morgan fingerprint density at radius 3 is 1.55 bits per heavy atom. The van der Waals surface area contributed by atoms with Gasteiger partial charge in [-0.1, -0.05) is 6.92 Å². The lowest BCUT2D eigenvalue weighted by Gasteiger charge is -2.17. The van der Waals surface area contributed by atoms with E-state index in [1.54, 1.807) is 74.5 Å². The largest absolute Gasteiger partial charge is 0.389 e. The molecule has 6 heterocycles. The average Bonchev–Trinajstić information content (AvgIpc) is 3.62. The lowest BCUT2D eigenvalue weighted by atomic mass is 10.1. The molecule has 1 aliphatic rings. The highest BCUT2D eigenvalue weighted by Gasteiger charge is 2.37. The second-order valence-corrected chi connectivity index (χ2v) is 15.6. The quantitative estimate of drug-likeness (QED) is 0.114. The van der Waals surface area contributed by atoms with Gasteiger partial charge in [-0.2, -0.15) is 0 Å². The van der Waals surface area contributed by atoms with Gasteiger partial charge >= 0.3 is 0 Å². The summed E-state index contributed by atoms with van der Waals surface area (Å²) < 4.78 is 59.8. The lowest BCUT2D eigenvalue weighted by Crippen LogP contribution is -2.29. The molecule has 13 nitrogen and oxygen atoms in total. The first-order valence-electron chi connectivity index (χ1n) is 19.1. The number of aromatic nitrogens is 10. The number of nitrogens with zero attached hydrogens (tertiary/aromatic N) is 10. The molecular formula is C43H40F4N12O. The molecule has 0 saturated heterocycles. The van der Waals surface area contributed by atoms with Crippen molar-refractivity contribution in [2.45, 2.75) is 53.1 Å². The summed E-state index contributed by atoms with van der Waals surface area (Å²) in [6, 6.07) is 10.3. The van der Waals surface area contributed by atoms with Crippen molar-refractivity contribution < 1.29 is 22.7 Å². The smallest absolute Gasteiger partial charge is 0.223 e. The standard InChI is InChI=1S/C22H20F2N6.C21H20F2N6O/c1-13-20-29-18(15-4-3-14(23)11-16(15)24)19(30(20)10-9-25-13)17-5-8-26-21(28-17)27-12-22(2)6-7-22;1-12-19-28-17(14-5-4-13(22)10-15(14)23)18(29(19)9-8-24-12)16-6-7-25-20(27-16)26-11-21(2,3)30/h3-5,8-11H,6-7,12H2,1-2H3,(H,26,27,28);4-10,30H,11H2,1-3H3,(H,25,26,27). The number of hydrogen-bond donors (Lipinski definition) is 3. The molecule has 60 heavy (non-hydrogen) atoms. The topological polar surface area (TPSA) is 156 Å². The number of halogens is 4. The molecule has 0 radical (unpaired) electrons. The third-order valence-corrected chi connectivity index (χ3v) is 10.1. The van der Waals surface area contributed by atoms with Gasteiger partial charge < -0.3 is 15.7 Å². The molecule has 0 amide bonds. The van der Waals surface area contributed by atoms with E-state index in [0.717, 1.165) is 18.7 Å². The Bertz CT molecular complexity index is 2700. The van der Waals surface area contributed by atoms with Crippen LogP contribution in [0.25, 0.3) is 56.6 Å². The number of fused-ring (bicyclic) bond motifs is 2. The highest BCUT2D eigenvalue weighted by molar-refractivity contribution is 5.82. The zero-order valence-corrected chi connectivity index (χ0v) is 33.3. The Morgan fingerprint density at radius 1 is 0.650 bits per heavy atom. The van der Waals surface area contributed by atoms with E-state index in [1.165, 1.54) is 37.1 Å². The average molecular weight is 817 g/mol. The Kier molecular flexibility index (Phi) is 10.5. The molecule has 306 valence electrons. The first-order chi connectivity index (χ1) is 28.7. The molecule has 0 aliphatic heterocycles. The van der Waals surface area contributed by atoms with E-state index in [4.69, 9.17) is 0 Å². The van der Waals surface area contributed by atoms with Gasteiger partial charge in [0.1, 0.15) is 34.7 Å². The van der Waals surface area contributed by atoms with Crippen molar-refractivity contribution in [1.82, 2.24) is 48.7 Å². The molecule has 8 aromatic rings. The van der Waals surface area contributed by atoms with Gasteiger partial charge in [-0.3, -0.25) is 18.8 Å². The van der Waals surface area contributed by atoms with Crippen LogP contribution in [0.1, 0.15) is 45.0 Å². The molecule has 17 heteroatoms. The van der Waals surface area contributed by atoms with Gasteiger partial charge in [0.2, 0.25) is 11.9 Å². The zero-order chi connectivity index (χ0) is 42.3. The van der Waals surface area contributed by atoms with Gasteiger partial charge in [-0.25, -0.2) is 47.5 Å². The maximum atomic E-state index is 14.6. The molecule has 1 saturated carbocycles. The summed E-state index contributed by atoms with van der Waals surface area (Å²) in [5, 5.41) is 16.2. The van der Waals surface area contributed by atoms with Crippen molar-refractivity contribution in [2.24, 2.45) is 5.41 Å². The van der Waals surface area contributed by atoms with E-state index < -0.39 is 28.9 Å². The monoisotopic (exact) mass is 816 g/mol. The van der Waals surface area contributed by atoms with E-state index in [1.807, 2.05) is 11.3 Å². The highest BCUT2D eigenvalue weighted by atomic mass is 19.1. The number of imidazole rings is 2. The fourth-order valence-electron chi connectivity index (χ4n) is 6.56. The molecular weight excluding hydrogens is 777 g/mol. The Balaban J connectivity index is 0.000000166. The fourth-order valence-corrected chi connectivity index (χ4v) is 6.56. The molecule has 0 unspecified atom stereocenters. The van der Waals surface area contributed by atoms with E-state index in [2.05, 4.69) is 57.4 Å². The number of nitrogens with one attached hydrogen (secondary N) is 2. The highest BCUT2D eigenvalue weighted by Crippen LogP contribution is 2.44. The molecule has 9 rings (SSSR count). The molecule has 1 aliphatic carbocycles. The third-order valence-electron chi connectivity index (χ3n) is 10.1. The van der Waals surface area contributed by atoms with Gasteiger partial charge in [0, 0.05) is 73.5 Å². The number of hydrogen-bond acceptors (Lipinski definition) is 11. The SMILES string of the molecule is Cc1nccn2c(-c3ccnc(NCC(C)(C)O)n3)c(-c3ccc(F)cc3F)nc12.Cc1nccn2c(-c3ccnc(NCC4(C)CC4)n3)c(-c3ccc(F)cc3F)nc12. The summed E-state index contributed by atoms with van der Waals surface area (Å²) in [4.78, 5) is 35.4. The number of benzene rings is 2. The van der Waals surface area contributed by atoms with Crippen LogP contribution in [-0.4, -0.2) is 72.5 Å². The summed E-state index contributed by atoms with van der Waals surface area (Å²) >= 11 is 0. The van der Waals surface area contributed by atoms with Crippen LogP contribution in [0, 0.1) is 42.5 Å². The van der Waals surface area contributed by atoms with E-state index in [9.17, 15) is 22.7 Å². The van der Waals surface area contributed by atoms with Crippen molar-refractivity contribution in [3.8, 4) is 45.3 Å². The van der Waals surface area contributed by atoms with Crippen molar-refractivity contribution in [1.29, 1.82) is 0 Å². The maximum absolute atomic E-state index is 14.6. The summed E-state index contributed by atoms with van der Waals surface area (Å²) in [5.41, 5.74) is 5.07. The second kappa shape index (κ2) is 15.7. The van der Waals surface area contributed by atoms with Crippen LogP contribution >= 0.6 is 0 Å².